The van der Waals surface area contributed by atoms with Crippen LogP contribution in [0.4, 0.5) is 0 Å². The first-order valence-electron chi connectivity index (χ1n) is 6.08. The number of hydrogen-bond acceptors (Lipinski definition) is 3. The molecule has 3 heteroatoms. The standard InChI is InChI=1S/C14H24N2O/c1-14(2,3)13(17-5)12(15-4)9-11-7-6-8-16-10-11/h6-8,10,12-13,15H,9H2,1-5H3. The Kier molecular flexibility index (Phi) is 5.09. The summed E-state index contributed by atoms with van der Waals surface area (Å²) in [5.74, 6) is 0. The molecule has 0 spiro atoms. The van der Waals surface area contributed by atoms with E-state index in [0.717, 1.165) is 6.42 Å². The summed E-state index contributed by atoms with van der Waals surface area (Å²) in [7, 11) is 3.77. The lowest BCUT2D eigenvalue weighted by Crippen LogP contribution is -2.47. The molecule has 3 nitrogen and oxygen atoms in total. The Morgan fingerprint density at radius 2 is 2.12 bits per heavy atom. The quantitative estimate of drug-likeness (QED) is 0.851. The monoisotopic (exact) mass is 236 g/mol. The molecule has 0 aliphatic carbocycles. The van der Waals surface area contributed by atoms with Crippen molar-refractivity contribution in [2.75, 3.05) is 14.2 Å². The number of aromatic nitrogens is 1. The molecule has 96 valence electrons. The first-order chi connectivity index (χ1) is 7.99. The van der Waals surface area contributed by atoms with Crippen LogP contribution in [-0.2, 0) is 11.2 Å². The normalized spacial score (nSPS) is 15.6. The van der Waals surface area contributed by atoms with Crippen molar-refractivity contribution in [1.29, 1.82) is 0 Å². The van der Waals surface area contributed by atoms with Crippen molar-refractivity contribution >= 4 is 0 Å². The molecule has 0 saturated heterocycles. The van der Waals surface area contributed by atoms with E-state index >= 15 is 0 Å². The first-order valence-corrected chi connectivity index (χ1v) is 6.08. The van der Waals surface area contributed by atoms with Crippen molar-refractivity contribution in [2.45, 2.75) is 39.3 Å². The maximum atomic E-state index is 5.66. The molecule has 1 aromatic heterocycles. The van der Waals surface area contributed by atoms with Crippen LogP contribution in [0.2, 0.25) is 0 Å². The number of ether oxygens (including phenoxy) is 1. The maximum Gasteiger partial charge on any atom is 0.0775 e. The molecular formula is C14H24N2O. The molecule has 0 bridgehead atoms. The Morgan fingerprint density at radius 3 is 2.53 bits per heavy atom. The number of methoxy groups -OCH3 is 1. The largest absolute Gasteiger partial charge is 0.379 e. The van der Waals surface area contributed by atoms with Crippen LogP contribution in [0.3, 0.4) is 0 Å². The van der Waals surface area contributed by atoms with Gasteiger partial charge in [0.2, 0.25) is 0 Å². The minimum Gasteiger partial charge on any atom is -0.379 e. The van der Waals surface area contributed by atoms with E-state index in [2.05, 4.69) is 37.1 Å². The topological polar surface area (TPSA) is 34.2 Å². The van der Waals surface area contributed by atoms with Crippen molar-refractivity contribution in [1.82, 2.24) is 10.3 Å². The van der Waals surface area contributed by atoms with E-state index in [4.69, 9.17) is 4.74 Å². The fourth-order valence-corrected chi connectivity index (χ4v) is 2.25. The van der Waals surface area contributed by atoms with E-state index in [-0.39, 0.29) is 11.5 Å². The van der Waals surface area contributed by atoms with Gasteiger partial charge in [-0.25, -0.2) is 0 Å². The van der Waals surface area contributed by atoms with Crippen molar-refractivity contribution in [3.63, 3.8) is 0 Å². The SMILES string of the molecule is CNC(Cc1cccnc1)C(OC)C(C)(C)C. The third-order valence-electron chi connectivity index (χ3n) is 3.02. The number of rotatable bonds is 5. The summed E-state index contributed by atoms with van der Waals surface area (Å²) in [4.78, 5) is 4.15. The molecule has 0 fully saturated rings. The fraction of sp³-hybridized carbons (Fsp3) is 0.643. The molecule has 0 saturated carbocycles. The highest BCUT2D eigenvalue weighted by Crippen LogP contribution is 2.25. The van der Waals surface area contributed by atoms with E-state index in [1.165, 1.54) is 5.56 Å². The zero-order valence-electron chi connectivity index (χ0n) is 11.5. The minimum atomic E-state index is 0.116. The summed E-state index contributed by atoms with van der Waals surface area (Å²) < 4.78 is 5.66. The van der Waals surface area contributed by atoms with Gasteiger partial charge in [-0.1, -0.05) is 26.8 Å². The second-order valence-corrected chi connectivity index (χ2v) is 5.48. The lowest BCUT2D eigenvalue weighted by Gasteiger charge is -2.36. The van der Waals surface area contributed by atoms with Crippen molar-refractivity contribution < 1.29 is 4.74 Å². The molecule has 0 amide bonds. The van der Waals surface area contributed by atoms with Crippen LogP contribution >= 0.6 is 0 Å². The number of pyridine rings is 1. The second-order valence-electron chi connectivity index (χ2n) is 5.48. The molecule has 0 aliphatic rings. The molecule has 1 heterocycles. The third-order valence-corrected chi connectivity index (χ3v) is 3.02. The highest BCUT2D eigenvalue weighted by molar-refractivity contribution is 5.11. The van der Waals surface area contributed by atoms with Gasteiger partial charge in [-0.05, 0) is 30.5 Å². The Morgan fingerprint density at radius 1 is 1.41 bits per heavy atom. The van der Waals surface area contributed by atoms with Crippen LogP contribution in [-0.4, -0.2) is 31.3 Å². The first kappa shape index (κ1) is 14.1. The van der Waals surface area contributed by atoms with Gasteiger partial charge in [-0.2, -0.15) is 0 Å². The fourth-order valence-electron chi connectivity index (χ4n) is 2.25. The predicted molar refractivity (Wildman–Crippen MR) is 71.0 cm³/mol. The Hall–Kier alpha value is -0.930. The van der Waals surface area contributed by atoms with Crippen molar-refractivity contribution in [3.05, 3.63) is 30.1 Å². The lowest BCUT2D eigenvalue weighted by molar-refractivity contribution is -0.00922. The highest BCUT2D eigenvalue weighted by Gasteiger charge is 2.31. The van der Waals surface area contributed by atoms with Crippen LogP contribution in [0.1, 0.15) is 26.3 Å². The number of nitrogens with one attached hydrogen (secondary N) is 1. The van der Waals surface area contributed by atoms with Gasteiger partial charge in [-0.15, -0.1) is 0 Å². The Labute approximate surface area is 105 Å². The molecule has 2 atom stereocenters. The van der Waals surface area contributed by atoms with Crippen LogP contribution in [0, 0.1) is 5.41 Å². The lowest BCUT2D eigenvalue weighted by atomic mass is 9.82. The summed E-state index contributed by atoms with van der Waals surface area (Å²) >= 11 is 0. The second kappa shape index (κ2) is 6.12. The van der Waals surface area contributed by atoms with Crippen LogP contribution in [0.5, 0.6) is 0 Å². The molecule has 0 radical (unpaired) electrons. The van der Waals surface area contributed by atoms with Gasteiger partial charge >= 0.3 is 0 Å². The van der Waals surface area contributed by atoms with Gasteiger partial charge in [0.1, 0.15) is 0 Å². The molecular weight excluding hydrogens is 212 g/mol. The molecule has 0 aromatic carbocycles. The van der Waals surface area contributed by atoms with Gasteiger partial charge in [0.05, 0.1) is 6.10 Å². The zero-order chi connectivity index (χ0) is 12.9. The highest BCUT2D eigenvalue weighted by atomic mass is 16.5. The number of hydrogen-bond donors (Lipinski definition) is 1. The van der Waals surface area contributed by atoms with Gasteiger partial charge in [0, 0.05) is 25.5 Å². The number of nitrogens with zero attached hydrogens (tertiary/aromatic N) is 1. The van der Waals surface area contributed by atoms with E-state index in [1.807, 2.05) is 19.3 Å². The Bertz CT molecular complexity index is 319. The summed E-state index contributed by atoms with van der Waals surface area (Å²) in [6.07, 6.45) is 4.82. The van der Waals surface area contributed by atoms with E-state index in [9.17, 15) is 0 Å². The molecule has 2 unspecified atom stereocenters. The minimum absolute atomic E-state index is 0.116. The Balaban J connectivity index is 2.77. The van der Waals surface area contributed by atoms with Gasteiger partial charge in [0.15, 0.2) is 0 Å². The van der Waals surface area contributed by atoms with E-state index in [0.29, 0.717) is 6.04 Å². The van der Waals surface area contributed by atoms with E-state index in [1.54, 1.807) is 13.3 Å². The summed E-state index contributed by atoms with van der Waals surface area (Å²) in [5.41, 5.74) is 1.35. The van der Waals surface area contributed by atoms with Crippen LogP contribution in [0.15, 0.2) is 24.5 Å². The zero-order valence-corrected chi connectivity index (χ0v) is 11.5. The third kappa shape index (κ3) is 4.10. The summed E-state index contributed by atoms with van der Waals surface area (Å²) in [5, 5.41) is 3.36. The molecule has 1 rings (SSSR count). The van der Waals surface area contributed by atoms with E-state index < -0.39 is 0 Å². The summed E-state index contributed by atoms with van der Waals surface area (Å²) in [6, 6.07) is 4.37. The van der Waals surface area contributed by atoms with Crippen molar-refractivity contribution in [2.24, 2.45) is 5.41 Å². The molecule has 17 heavy (non-hydrogen) atoms. The molecule has 0 aliphatic heterocycles. The van der Waals surface area contributed by atoms with Gasteiger partial charge < -0.3 is 10.1 Å². The van der Waals surface area contributed by atoms with Crippen molar-refractivity contribution in [3.8, 4) is 0 Å². The summed E-state index contributed by atoms with van der Waals surface area (Å²) in [6.45, 7) is 6.61. The van der Waals surface area contributed by atoms with Crippen LogP contribution in [0.25, 0.3) is 0 Å². The molecule has 1 aromatic rings. The van der Waals surface area contributed by atoms with Gasteiger partial charge in [-0.3, -0.25) is 4.98 Å². The van der Waals surface area contributed by atoms with Gasteiger partial charge in [0.25, 0.3) is 0 Å². The van der Waals surface area contributed by atoms with Crippen LogP contribution < -0.4 is 5.32 Å². The maximum absolute atomic E-state index is 5.66. The predicted octanol–water partition coefficient (Wildman–Crippen LogP) is 2.27. The average molecular weight is 236 g/mol. The molecule has 1 N–H and O–H groups in total. The smallest absolute Gasteiger partial charge is 0.0775 e. The average Bonchev–Trinajstić information content (AvgIpc) is 2.28. The number of likely N-dealkylation sites (N-methyl/N-ethyl adjacent to an activating group) is 1.